The summed E-state index contributed by atoms with van der Waals surface area (Å²) in [6.07, 6.45) is 3.19. The molecule has 3 heterocycles. The van der Waals surface area contributed by atoms with Gasteiger partial charge >= 0.3 is 0 Å². The van der Waals surface area contributed by atoms with E-state index in [0.29, 0.717) is 11.4 Å². The molecule has 4 rings (SSSR count). The number of nitrogens with two attached hydrogens (primary N) is 1. The quantitative estimate of drug-likeness (QED) is 0.716. The standard InChI is InChI=1S/C21H20FN5O2/c22-15-3-1-14(2-4-15)18-5-6-20(26-25-18)27-11-8-16(9-12-27)29-17-7-10-24-19(13-17)21(23)28/h1-7,10,13,16H,8-9,11-12H2,(H2,23,28). The molecule has 1 saturated heterocycles. The van der Waals surface area contributed by atoms with Crippen LogP contribution in [0, 0.1) is 5.82 Å². The van der Waals surface area contributed by atoms with Gasteiger partial charge in [0.1, 0.15) is 23.4 Å². The molecule has 0 unspecified atom stereocenters. The Labute approximate surface area is 167 Å². The first-order valence-electron chi connectivity index (χ1n) is 9.35. The second-order valence-electron chi connectivity index (χ2n) is 6.83. The number of amides is 1. The fraction of sp³-hybridized carbons (Fsp3) is 0.238. The maximum Gasteiger partial charge on any atom is 0.267 e. The number of anilines is 1. The van der Waals surface area contributed by atoms with Gasteiger partial charge in [0.2, 0.25) is 0 Å². The molecule has 0 atom stereocenters. The Kier molecular flexibility index (Phi) is 5.33. The fourth-order valence-corrected chi connectivity index (χ4v) is 3.28. The van der Waals surface area contributed by atoms with Crippen molar-refractivity contribution in [2.75, 3.05) is 18.0 Å². The number of aromatic nitrogens is 3. The van der Waals surface area contributed by atoms with Gasteiger partial charge in [-0.25, -0.2) is 4.39 Å². The third-order valence-corrected chi connectivity index (χ3v) is 4.84. The van der Waals surface area contributed by atoms with Crippen LogP contribution in [0.1, 0.15) is 23.3 Å². The lowest BCUT2D eigenvalue weighted by molar-refractivity contribution is 0.0994. The number of ether oxygens (including phenoxy) is 1. The minimum Gasteiger partial charge on any atom is -0.490 e. The van der Waals surface area contributed by atoms with Crippen LogP contribution in [0.25, 0.3) is 11.3 Å². The number of rotatable bonds is 5. The van der Waals surface area contributed by atoms with Gasteiger partial charge in [0.15, 0.2) is 5.82 Å². The van der Waals surface area contributed by atoms with E-state index in [1.807, 2.05) is 12.1 Å². The Morgan fingerprint density at radius 2 is 1.83 bits per heavy atom. The molecule has 1 aliphatic heterocycles. The lowest BCUT2D eigenvalue weighted by atomic mass is 10.1. The first kappa shape index (κ1) is 18.8. The topological polar surface area (TPSA) is 94.2 Å². The molecule has 8 heteroatoms. The number of hydrogen-bond acceptors (Lipinski definition) is 6. The van der Waals surface area contributed by atoms with Crippen molar-refractivity contribution < 1.29 is 13.9 Å². The molecule has 29 heavy (non-hydrogen) atoms. The number of halogens is 1. The number of nitrogens with zero attached hydrogens (tertiary/aromatic N) is 4. The van der Waals surface area contributed by atoms with Crippen LogP contribution in [0.3, 0.4) is 0 Å². The molecule has 1 fully saturated rings. The minimum absolute atomic E-state index is 0.0424. The second kappa shape index (κ2) is 8.22. The largest absolute Gasteiger partial charge is 0.490 e. The number of primary amides is 1. The monoisotopic (exact) mass is 393 g/mol. The van der Waals surface area contributed by atoms with Crippen molar-refractivity contribution >= 4 is 11.7 Å². The molecule has 2 N–H and O–H groups in total. The Balaban J connectivity index is 1.35. The van der Waals surface area contributed by atoms with Crippen LogP contribution in [0.4, 0.5) is 10.2 Å². The highest BCUT2D eigenvalue weighted by atomic mass is 19.1. The number of carbonyl (C=O) groups excluding carboxylic acids is 1. The lowest BCUT2D eigenvalue weighted by Gasteiger charge is -2.32. The van der Waals surface area contributed by atoms with Gasteiger partial charge in [0, 0.05) is 43.8 Å². The zero-order valence-electron chi connectivity index (χ0n) is 15.7. The van der Waals surface area contributed by atoms with E-state index < -0.39 is 5.91 Å². The van der Waals surface area contributed by atoms with Crippen molar-refractivity contribution in [3.05, 3.63) is 66.2 Å². The zero-order chi connectivity index (χ0) is 20.2. The zero-order valence-corrected chi connectivity index (χ0v) is 15.7. The van der Waals surface area contributed by atoms with Crippen LogP contribution < -0.4 is 15.4 Å². The summed E-state index contributed by atoms with van der Waals surface area (Å²) in [6.45, 7) is 1.56. The number of pyridine rings is 1. The molecule has 3 aromatic rings. The summed E-state index contributed by atoms with van der Waals surface area (Å²) >= 11 is 0. The number of benzene rings is 1. The van der Waals surface area contributed by atoms with E-state index in [1.165, 1.54) is 18.3 Å². The molecule has 148 valence electrons. The third kappa shape index (κ3) is 4.48. The molecule has 0 bridgehead atoms. The molecular weight excluding hydrogens is 373 g/mol. The van der Waals surface area contributed by atoms with Crippen molar-refractivity contribution in [2.24, 2.45) is 5.73 Å². The average Bonchev–Trinajstić information content (AvgIpc) is 2.75. The summed E-state index contributed by atoms with van der Waals surface area (Å²) in [5.41, 5.74) is 6.98. The van der Waals surface area contributed by atoms with E-state index >= 15 is 0 Å². The highest BCUT2D eigenvalue weighted by molar-refractivity contribution is 5.91. The van der Waals surface area contributed by atoms with E-state index in [4.69, 9.17) is 10.5 Å². The smallest absolute Gasteiger partial charge is 0.267 e. The Hall–Kier alpha value is -3.55. The van der Waals surface area contributed by atoms with Gasteiger partial charge in [0.05, 0.1) is 5.69 Å². The summed E-state index contributed by atoms with van der Waals surface area (Å²) in [5.74, 6) is 0.541. The van der Waals surface area contributed by atoms with Crippen LogP contribution in [-0.2, 0) is 0 Å². The normalized spacial score (nSPS) is 14.6. The second-order valence-corrected chi connectivity index (χ2v) is 6.83. The van der Waals surface area contributed by atoms with E-state index in [2.05, 4.69) is 20.1 Å². The van der Waals surface area contributed by atoms with Gasteiger partial charge in [-0.3, -0.25) is 9.78 Å². The van der Waals surface area contributed by atoms with E-state index in [9.17, 15) is 9.18 Å². The maximum atomic E-state index is 13.1. The SMILES string of the molecule is NC(=O)c1cc(OC2CCN(c3ccc(-c4ccc(F)cc4)nn3)CC2)ccn1. The maximum absolute atomic E-state index is 13.1. The van der Waals surface area contributed by atoms with E-state index in [0.717, 1.165) is 37.3 Å². The van der Waals surface area contributed by atoms with Crippen LogP contribution in [0.5, 0.6) is 5.75 Å². The highest BCUT2D eigenvalue weighted by Crippen LogP contribution is 2.23. The van der Waals surface area contributed by atoms with Crippen molar-refractivity contribution in [3.8, 4) is 17.0 Å². The molecule has 7 nitrogen and oxygen atoms in total. The number of hydrogen-bond donors (Lipinski definition) is 1. The van der Waals surface area contributed by atoms with Crippen LogP contribution in [0.15, 0.2) is 54.7 Å². The van der Waals surface area contributed by atoms with Crippen molar-refractivity contribution in [1.82, 2.24) is 15.2 Å². The molecule has 0 spiro atoms. The summed E-state index contributed by atoms with van der Waals surface area (Å²) in [5, 5.41) is 8.59. The van der Waals surface area contributed by atoms with Crippen LogP contribution >= 0.6 is 0 Å². The average molecular weight is 393 g/mol. The molecule has 0 aliphatic carbocycles. The van der Waals surface area contributed by atoms with Gasteiger partial charge in [-0.2, -0.15) is 0 Å². The van der Waals surface area contributed by atoms with Crippen LogP contribution in [0.2, 0.25) is 0 Å². The summed E-state index contributed by atoms with van der Waals surface area (Å²) in [7, 11) is 0. The van der Waals surface area contributed by atoms with Gasteiger partial charge < -0.3 is 15.4 Å². The first-order valence-corrected chi connectivity index (χ1v) is 9.35. The van der Waals surface area contributed by atoms with Crippen molar-refractivity contribution in [2.45, 2.75) is 18.9 Å². The fourth-order valence-electron chi connectivity index (χ4n) is 3.28. The Morgan fingerprint density at radius 3 is 2.48 bits per heavy atom. The molecule has 1 aromatic carbocycles. The molecule has 2 aromatic heterocycles. The van der Waals surface area contributed by atoms with Gasteiger partial charge in [-0.05, 0) is 42.5 Å². The van der Waals surface area contributed by atoms with Gasteiger partial charge in [-0.15, -0.1) is 10.2 Å². The number of piperidine rings is 1. The van der Waals surface area contributed by atoms with E-state index in [1.54, 1.807) is 24.3 Å². The summed E-state index contributed by atoms with van der Waals surface area (Å²) in [6, 6.07) is 13.3. The minimum atomic E-state index is -0.576. The van der Waals surface area contributed by atoms with Crippen molar-refractivity contribution in [3.63, 3.8) is 0 Å². The molecule has 0 saturated carbocycles. The van der Waals surface area contributed by atoms with Gasteiger partial charge in [0.25, 0.3) is 5.91 Å². The molecule has 0 radical (unpaired) electrons. The van der Waals surface area contributed by atoms with Gasteiger partial charge in [-0.1, -0.05) is 0 Å². The summed E-state index contributed by atoms with van der Waals surface area (Å²) in [4.78, 5) is 17.3. The van der Waals surface area contributed by atoms with E-state index in [-0.39, 0.29) is 17.6 Å². The van der Waals surface area contributed by atoms with Crippen LogP contribution in [-0.4, -0.2) is 40.3 Å². The first-order chi connectivity index (χ1) is 14.1. The Morgan fingerprint density at radius 1 is 1.07 bits per heavy atom. The molecular formula is C21H20FN5O2. The Bertz CT molecular complexity index is 987. The summed E-state index contributed by atoms with van der Waals surface area (Å²) < 4.78 is 19.0. The highest BCUT2D eigenvalue weighted by Gasteiger charge is 2.22. The number of carbonyl (C=O) groups is 1. The molecule has 1 amide bonds. The molecule has 1 aliphatic rings. The van der Waals surface area contributed by atoms with Crippen molar-refractivity contribution in [1.29, 1.82) is 0 Å². The predicted octanol–water partition coefficient (Wildman–Crippen LogP) is 2.82. The third-order valence-electron chi connectivity index (χ3n) is 4.84. The lowest BCUT2D eigenvalue weighted by Crippen LogP contribution is -2.38. The predicted molar refractivity (Wildman–Crippen MR) is 106 cm³/mol.